The molecule has 0 bridgehead atoms. The molecule has 0 saturated carbocycles. The first-order valence-corrected chi connectivity index (χ1v) is 16.0. The first-order valence-electron chi connectivity index (χ1n) is 16.0. The molecule has 4 rings (SSSR count). The number of anilines is 1. The van der Waals surface area contributed by atoms with Crippen molar-refractivity contribution in [3.63, 3.8) is 0 Å². The van der Waals surface area contributed by atoms with Crippen molar-refractivity contribution in [3.05, 3.63) is 60.4 Å². The number of ether oxygens (including phenoxy) is 2. The lowest BCUT2D eigenvalue weighted by Gasteiger charge is -2.25. The number of nitrogen functional groups attached to an aromatic ring is 1. The molecule has 4 aromatic rings. The molecule has 0 fully saturated rings. The van der Waals surface area contributed by atoms with Crippen molar-refractivity contribution in [2.24, 2.45) is 0 Å². The third-order valence-corrected chi connectivity index (χ3v) is 8.15. The number of nitrogens with one attached hydrogen (secondary N) is 1. The summed E-state index contributed by atoms with van der Waals surface area (Å²) in [6.07, 6.45) is 1.23. The second-order valence-corrected chi connectivity index (χ2v) is 12.0. The van der Waals surface area contributed by atoms with Gasteiger partial charge in [0.25, 0.3) is 0 Å². The number of carbonyl (C=O) groups is 1. The van der Waals surface area contributed by atoms with E-state index >= 15 is 0 Å². The number of nitrogens with two attached hydrogens (primary N) is 1. The number of carbonyl (C=O) groups excluding carboxylic acids is 1. The zero-order valence-corrected chi connectivity index (χ0v) is 25.9. The molecule has 3 atom stereocenters. The van der Waals surface area contributed by atoms with Crippen LogP contribution in [0.5, 0.6) is 5.75 Å². The van der Waals surface area contributed by atoms with Crippen molar-refractivity contribution in [2.45, 2.75) is 78.6 Å². The molecule has 11 nitrogen and oxygen atoms in total. The molecule has 0 amide bonds. The Morgan fingerprint density at radius 3 is 2.53 bits per heavy atom. The van der Waals surface area contributed by atoms with Gasteiger partial charge in [0.2, 0.25) is 0 Å². The van der Waals surface area contributed by atoms with Crippen LogP contribution in [0.2, 0.25) is 0 Å². The summed E-state index contributed by atoms with van der Waals surface area (Å²) in [7, 11) is -4.46. The second-order valence-electron chi connectivity index (χ2n) is 10.3. The van der Waals surface area contributed by atoms with E-state index in [1.54, 1.807) is 44.2 Å². The number of aromatic nitrogens is 3. The summed E-state index contributed by atoms with van der Waals surface area (Å²) in [6.45, 7) is 4.81. The lowest BCUT2D eigenvalue weighted by Crippen LogP contribution is -2.36. The van der Waals surface area contributed by atoms with E-state index in [0.717, 1.165) is 22.8 Å². The zero-order valence-electron chi connectivity index (χ0n) is 28.0. The zero-order chi connectivity index (χ0) is 33.5. The maximum atomic E-state index is 14.2. The minimum atomic E-state index is -4.46. The van der Waals surface area contributed by atoms with Crippen LogP contribution in [0, 0.1) is 0 Å². The van der Waals surface area contributed by atoms with Gasteiger partial charge in [-0.05, 0) is 58.7 Å². The molecule has 0 spiro atoms. The Morgan fingerprint density at radius 1 is 1.09 bits per heavy atom. The van der Waals surface area contributed by atoms with Gasteiger partial charge in [0.05, 0.1) is 23.7 Å². The lowest BCUT2D eigenvalue weighted by atomic mass is 10.1. The molecule has 232 valence electrons. The van der Waals surface area contributed by atoms with Crippen LogP contribution in [0.15, 0.2) is 54.6 Å². The van der Waals surface area contributed by atoms with Crippen molar-refractivity contribution >= 4 is 41.5 Å². The number of para-hydroxylation sites is 2. The van der Waals surface area contributed by atoms with Gasteiger partial charge in [-0.25, -0.2) is 14.5 Å². The van der Waals surface area contributed by atoms with Crippen molar-refractivity contribution in [2.75, 3.05) is 18.9 Å². The summed E-state index contributed by atoms with van der Waals surface area (Å²) >= 11 is 0. The van der Waals surface area contributed by atoms with E-state index in [1.807, 2.05) is 31.2 Å². The summed E-state index contributed by atoms with van der Waals surface area (Å²) in [4.78, 5) is 22.2. The van der Waals surface area contributed by atoms with Crippen molar-refractivity contribution in [1.82, 2.24) is 19.6 Å². The van der Waals surface area contributed by atoms with Gasteiger partial charge in [-0.3, -0.25) is 9.32 Å². The predicted octanol–water partition coefficient (Wildman–Crippen LogP) is 6.57. The summed E-state index contributed by atoms with van der Waals surface area (Å²) in [5, 5.41) is 3.24. The molecular formula is C31H42N5O6P. The quantitative estimate of drug-likeness (QED) is 0.105. The van der Waals surface area contributed by atoms with Gasteiger partial charge >= 0.3 is 13.7 Å². The fourth-order valence-corrected chi connectivity index (χ4v) is 6.17. The Balaban J connectivity index is 1.70. The molecule has 0 aliphatic carbocycles. The van der Waals surface area contributed by atoms with Crippen LogP contribution in [-0.4, -0.2) is 45.9 Å². The first-order chi connectivity index (χ1) is 21.9. The van der Waals surface area contributed by atoms with E-state index in [0.29, 0.717) is 36.6 Å². The summed E-state index contributed by atoms with van der Waals surface area (Å²) < 4.78 is 62.7. The Labute approximate surface area is 256 Å². The molecule has 0 aliphatic heterocycles. The number of benzene rings is 2. The van der Waals surface area contributed by atoms with E-state index in [1.165, 1.54) is 0 Å². The van der Waals surface area contributed by atoms with Crippen LogP contribution in [-0.2, 0) is 30.0 Å². The van der Waals surface area contributed by atoms with Gasteiger partial charge in [-0.2, -0.15) is 5.09 Å². The average Bonchev–Trinajstić information content (AvgIpc) is 3.38. The van der Waals surface area contributed by atoms with Gasteiger partial charge in [0.15, 0.2) is 5.82 Å². The number of imidazole rings is 1. The number of rotatable bonds is 16. The molecule has 43 heavy (non-hydrogen) atoms. The van der Waals surface area contributed by atoms with Crippen LogP contribution in [0.4, 0.5) is 5.82 Å². The van der Waals surface area contributed by atoms with Gasteiger partial charge in [-0.15, -0.1) is 0 Å². The fraction of sp³-hybridized carbons (Fsp3) is 0.452. The molecule has 2 aromatic heterocycles. The van der Waals surface area contributed by atoms with Gasteiger partial charge in [0.1, 0.15) is 29.7 Å². The molecule has 2 aromatic carbocycles. The third kappa shape index (κ3) is 8.12. The van der Waals surface area contributed by atoms with E-state index in [4.69, 9.17) is 33.4 Å². The molecule has 2 heterocycles. The number of hydrogen-bond acceptors (Lipinski definition) is 9. The maximum absolute atomic E-state index is 14.2. The van der Waals surface area contributed by atoms with Gasteiger partial charge in [-0.1, -0.05) is 49.7 Å². The normalized spacial score (nSPS) is 15.9. The Morgan fingerprint density at radius 2 is 1.84 bits per heavy atom. The number of nitrogens with zero attached hydrogens (tertiary/aromatic N) is 3. The monoisotopic (exact) mass is 614 g/mol. The molecular weight excluding hydrogens is 569 g/mol. The summed E-state index contributed by atoms with van der Waals surface area (Å²) in [5.41, 5.74) is 8.45. The van der Waals surface area contributed by atoms with Crippen LogP contribution in [0.25, 0.3) is 21.9 Å². The Kier molecular flexibility index (Phi) is 9.73. The van der Waals surface area contributed by atoms with E-state index in [9.17, 15) is 9.36 Å². The largest absolute Gasteiger partial charge is 0.462 e. The summed E-state index contributed by atoms with van der Waals surface area (Å²) in [6, 6.07) is 13.7. The molecule has 0 aliphatic rings. The minimum Gasteiger partial charge on any atom is -0.462 e. The molecule has 0 saturated heterocycles. The second kappa shape index (κ2) is 14.8. The number of esters is 1. The maximum Gasteiger partial charge on any atom is 0.459 e. The smallest absolute Gasteiger partial charge is 0.459 e. The molecule has 12 heteroatoms. The van der Waals surface area contributed by atoms with E-state index in [-0.39, 0.29) is 25.0 Å². The average molecular weight is 615 g/mol. The highest BCUT2D eigenvalue weighted by Gasteiger charge is 2.33. The van der Waals surface area contributed by atoms with Crippen molar-refractivity contribution < 1.29 is 32.0 Å². The van der Waals surface area contributed by atoms with Crippen molar-refractivity contribution in [3.8, 4) is 5.75 Å². The number of fused-ring (bicyclic) bond motifs is 3. The first kappa shape index (κ1) is 28.3. The van der Waals surface area contributed by atoms with Crippen molar-refractivity contribution in [1.29, 1.82) is 0 Å². The minimum absolute atomic E-state index is 0.124. The highest BCUT2D eigenvalue weighted by molar-refractivity contribution is 7.52. The third-order valence-electron chi connectivity index (χ3n) is 6.61. The predicted molar refractivity (Wildman–Crippen MR) is 168 cm³/mol. The van der Waals surface area contributed by atoms with Gasteiger partial charge < -0.3 is 24.3 Å². The van der Waals surface area contributed by atoms with Crippen LogP contribution in [0.1, 0.15) is 69.8 Å². The SMILES string of the molecule is [2H]C([2H])([2H])[C@H](N[P@](=O)(OCC[C@@H](CCC)n1c(COCC)nc2c(N)nc3ccccc3c21)Oc1ccccc1)C(=O)OC(C)C. The fourth-order valence-electron chi connectivity index (χ4n) is 4.82. The standard InChI is InChI=1S/C31H42N5O6P/c1-6-13-23(36-27(20-39-7-2)34-28-29(36)25-16-11-12-17-26(25)33-30(28)32)18-19-40-43(38,42-24-14-9-8-10-15-24)35-22(5)31(37)41-21(3)4/h8-12,14-17,21-23H,6-7,13,18-20H2,1-5H3,(H2,32,33)(H,35,38)/t22-,23+,43-/m0/s1/i5D3. The topological polar surface area (TPSA) is 140 Å². The molecule has 3 N–H and O–H groups in total. The number of hydrogen-bond donors (Lipinski definition) is 2. The Bertz CT molecular complexity index is 1670. The summed E-state index contributed by atoms with van der Waals surface area (Å²) in [5.74, 6) is 0.0217. The van der Waals surface area contributed by atoms with Crippen LogP contribution >= 0.6 is 7.75 Å². The molecule has 0 radical (unpaired) electrons. The number of pyridine rings is 1. The Hall–Kier alpha value is -3.50. The van der Waals surface area contributed by atoms with Crippen LogP contribution in [0.3, 0.4) is 0 Å². The van der Waals surface area contributed by atoms with E-state index < -0.39 is 32.7 Å². The van der Waals surface area contributed by atoms with Gasteiger partial charge in [0, 0.05) is 22.1 Å². The van der Waals surface area contributed by atoms with E-state index in [2.05, 4.69) is 21.6 Å². The highest BCUT2D eigenvalue weighted by atomic mass is 31.2. The highest BCUT2D eigenvalue weighted by Crippen LogP contribution is 2.45. The molecule has 0 unspecified atom stereocenters. The van der Waals surface area contributed by atoms with Crippen LogP contribution < -0.4 is 15.3 Å². The lowest BCUT2D eigenvalue weighted by molar-refractivity contribution is -0.149.